The summed E-state index contributed by atoms with van der Waals surface area (Å²) in [7, 11) is 0. The first-order chi connectivity index (χ1) is 6.24. The molecule has 0 saturated carbocycles. The molecule has 0 atom stereocenters. The molecular formula is C11H16FN. The Labute approximate surface area is 79.3 Å². The van der Waals surface area contributed by atoms with E-state index in [0.717, 1.165) is 12.2 Å². The van der Waals surface area contributed by atoms with Crippen LogP contribution in [-0.2, 0) is 0 Å². The van der Waals surface area contributed by atoms with Crippen LogP contribution in [0.2, 0.25) is 0 Å². The second-order valence-electron chi connectivity index (χ2n) is 2.45. The molecule has 0 unspecified atom stereocenters. The van der Waals surface area contributed by atoms with Gasteiger partial charge in [0.05, 0.1) is 0 Å². The minimum atomic E-state index is -0.196. The lowest BCUT2D eigenvalue weighted by Crippen LogP contribution is -1.95. The molecule has 2 heteroatoms. The van der Waals surface area contributed by atoms with E-state index in [9.17, 15) is 4.39 Å². The third kappa shape index (κ3) is 5.91. The molecule has 0 aliphatic rings. The van der Waals surface area contributed by atoms with E-state index in [2.05, 4.69) is 11.9 Å². The van der Waals surface area contributed by atoms with E-state index in [0.29, 0.717) is 0 Å². The van der Waals surface area contributed by atoms with Gasteiger partial charge in [-0.05, 0) is 32.0 Å². The molecule has 0 spiro atoms. The van der Waals surface area contributed by atoms with Gasteiger partial charge in [-0.25, -0.2) is 4.39 Å². The van der Waals surface area contributed by atoms with Crippen molar-refractivity contribution < 1.29 is 4.39 Å². The first-order valence-corrected chi connectivity index (χ1v) is 4.31. The van der Waals surface area contributed by atoms with Crippen LogP contribution in [0.25, 0.3) is 0 Å². The van der Waals surface area contributed by atoms with E-state index in [1.165, 1.54) is 12.1 Å². The average molecular weight is 181 g/mol. The molecule has 1 aromatic rings. The van der Waals surface area contributed by atoms with Crippen molar-refractivity contribution >= 4 is 5.69 Å². The minimum Gasteiger partial charge on any atom is -0.385 e. The number of hydrogen-bond acceptors (Lipinski definition) is 1. The molecule has 0 bridgehead atoms. The van der Waals surface area contributed by atoms with E-state index in [1.807, 2.05) is 19.9 Å². The minimum absolute atomic E-state index is 0.196. The van der Waals surface area contributed by atoms with Crippen molar-refractivity contribution in [1.29, 1.82) is 0 Å². The SMILES string of the molecule is C=CC.CCNc1cccc(F)c1. The summed E-state index contributed by atoms with van der Waals surface area (Å²) in [5.41, 5.74) is 0.836. The van der Waals surface area contributed by atoms with Gasteiger partial charge < -0.3 is 5.32 Å². The van der Waals surface area contributed by atoms with E-state index in [-0.39, 0.29) is 5.82 Å². The van der Waals surface area contributed by atoms with Crippen molar-refractivity contribution in [2.75, 3.05) is 11.9 Å². The zero-order chi connectivity index (χ0) is 10.1. The highest BCUT2D eigenvalue weighted by atomic mass is 19.1. The average Bonchev–Trinajstić information content (AvgIpc) is 2.06. The Balaban J connectivity index is 0.000000424. The molecule has 0 fully saturated rings. The third-order valence-electron chi connectivity index (χ3n) is 1.21. The van der Waals surface area contributed by atoms with E-state index in [1.54, 1.807) is 12.1 Å². The lowest BCUT2D eigenvalue weighted by atomic mass is 10.3. The van der Waals surface area contributed by atoms with Crippen LogP contribution in [0.15, 0.2) is 36.9 Å². The highest BCUT2D eigenvalue weighted by Gasteiger charge is 1.90. The van der Waals surface area contributed by atoms with Gasteiger partial charge in [0.25, 0.3) is 0 Å². The fourth-order valence-electron chi connectivity index (χ4n) is 0.803. The number of hydrogen-bond donors (Lipinski definition) is 1. The largest absolute Gasteiger partial charge is 0.385 e. The third-order valence-corrected chi connectivity index (χ3v) is 1.21. The smallest absolute Gasteiger partial charge is 0.125 e. The maximum absolute atomic E-state index is 12.5. The quantitative estimate of drug-likeness (QED) is 0.689. The van der Waals surface area contributed by atoms with Crippen LogP contribution in [0.5, 0.6) is 0 Å². The summed E-state index contributed by atoms with van der Waals surface area (Å²) in [5, 5.41) is 3.01. The van der Waals surface area contributed by atoms with Gasteiger partial charge in [0.1, 0.15) is 5.82 Å². The molecule has 0 aliphatic heterocycles. The van der Waals surface area contributed by atoms with Crippen LogP contribution in [0, 0.1) is 5.82 Å². The van der Waals surface area contributed by atoms with Crippen LogP contribution < -0.4 is 5.32 Å². The molecule has 0 amide bonds. The molecule has 0 aliphatic carbocycles. The molecule has 13 heavy (non-hydrogen) atoms. The Morgan fingerprint density at radius 2 is 2.15 bits per heavy atom. The molecular weight excluding hydrogens is 165 g/mol. The summed E-state index contributed by atoms with van der Waals surface area (Å²) >= 11 is 0. The first-order valence-electron chi connectivity index (χ1n) is 4.31. The fourth-order valence-corrected chi connectivity index (χ4v) is 0.803. The van der Waals surface area contributed by atoms with E-state index >= 15 is 0 Å². The predicted molar refractivity (Wildman–Crippen MR) is 56.4 cm³/mol. The summed E-state index contributed by atoms with van der Waals surface area (Å²) in [5.74, 6) is -0.196. The van der Waals surface area contributed by atoms with Crippen molar-refractivity contribution in [1.82, 2.24) is 0 Å². The second-order valence-corrected chi connectivity index (χ2v) is 2.45. The molecule has 72 valence electrons. The second kappa shape index (κ2) is 7.35. The van der Waals surface area contributed by atoms with Crippen molar-refractivity contribution in [3.63, 3.8) is 0 Å². The van der Waals surface area contributed by atoms with E-state index in [4.69, 9.17) is 0 Å². The van der Waals surface area contributed by atoms with Gasteiger partial charge in [-0.2, -0.15) is 0 Å². The van der Waals surface area contributed by atoms with Crippen LogP contribution >= 0.6 is 0 Å². The molecule has 0 aromatic heterocycles. The number of rotatable bonds is 2. The fraction of sp³-hybridized carbons (Fsp3) is 0.273. The van der Waals surface area contributed by atoms with Crippen molar-refractivity contribution in [2.45, 2.75) is 13.8 Å². The Morgan fingerprint density at radius 1 is 1.54 bits per heavy atom. The van der Waals surface area contributed by atoms with Gasteiger partial charge in [0.2, 0.25) is 0 Å². The topological polar surface area (TPSA) is 12.0 Å². The normalized spacial score (nSPS) is 8.23. The Hall–Kier alpha value is -1.31. The molecule has 1 aromatic carbocycles. The van der Waals surface area contributed by atoms with Gasteiger partial charge in [-0.1, -0.05) is 12.1 Å². The maximum atomic E-state index is 12.5. The van der Waals surface area contributed by atoms with Crippen molar-refractivity contribution in [3.05, 3.63) is 42.7 Å². The van der Waals surface area contributed by atoms with Crippen LogP contribution in [0.1, 0.15) is 13.8 Å². The Kier molecular flexibility index (Phi) is 6.60. The van der Waals surface area contributed by atoms with Gasteiger partial charge in [-0.3, -0.25) is 0 Å². The highest BCUT2D eigenvalue weighted by molar-refractivity contribution is 5.42. The van der Waals surface area contributed by atoms with Gasteiger partial charge in [-0.15, -0.1) is 6.58 Å². The molecule has 1 rings (SSSR count). The zero-order valence-corrected chi connectivity index (χ0v) is 8.18. The van der Waals surface area contributed by atoms with E-state index < -0.39 is 0 Å². The monoisotopic (exact) mass is 181 g/mol. The number of anilines is 1. The maximum Gasteiger partial charge on any atom is 0.125 e. The summed E-state index contributed by atoms with van der Waals surface area (Å²) in [6.45, 7) is 8.05. The first kappa shape index (κ1) is 11.7. The molecule has 0 saturated heterocycles. The zero-order valence-electron chi connectivity index (χ0n) is 8.18. The lowest BCUT2D eigenvalue weighted by molar-refractivity contribution is 0.628. The van der Waals surface area contributed by atoms with Crippen molar-refractivity contribution in [3.8, 4) is 0 Å². The van der Waals surface area contributed by atoms with Crippen LogP contribution in [-0.4, -0.2) is 6.54 Å². The molecule has 0 radical (unpaired) electrons. The van der Waals surface area contributed by atoms with Crippen LogP contribution in [0.3, 0.4) is 0 Å². The Bertz CT molecular complexity index is 246. The molecule has 1 N–H and O–H groups in total. The lowest BCUT2D eigenvalue weighted by Gasteiger charge is -2.00. The van der Waals surface area contributed by atoms with Gasteiger partial charge >= 0.3 is 0 Å². The summed E-state index contributed by atoms with van der Waals surface area (Å²) in [6.07, 6.45) is 1.75. The van der Waals surface area contributed by atoms with Gasteiger partial charge in [0, 0.05) is 12.2 Å². The summed E-state index contributed by atoms with van der Waals surface area (Å²) in [6, 6.07) is 6.43. The Morgan fingerprint density at radius 3 is 2.62 bits per heavy atom. The molecule has 1 nitrogen and oxygen atoms in total. The predicted octanol–water partition coefficient (Wildman–Crippen LogP) is 3.45. The number of allylic oxidation sites excluding steroid dienone is 1. The number of benzene rings is 1. The number of halogens is 1. The number of nitrogens with one attached hydrogen (secondary N) is 1. The summed E-state index contributed by atoms with van der Waals surface area (Å²) in [4.78, 5) is 0. The van der Waals surface area contributed by atoms with Crippen LogP contribution in [0.4, 0.5) is 10.1 Å². The van der Waals surface area contributed by atoms with Gasteiger partial charge in [0.15, 0.2) is 0 Å². The standard InChI is InChI=1S/C8H10FN.C3H6/c1-2-10-8-5-3-4-7(9)6-8;1-3-2/h3-6,10H,2H2,1H3;3H,1H2,2H3. The highest BCUT2D eigenvalue weighted by Crippen LogP contribution is 2.07. The van der Waals surface area contributed by atoms with Crippen molar-refractivity contribution in [2.24, 2.45) is 0 Å². The summed E-state index contributed by atoms with van der Waals surface area (Å²) < 4.78 is 12.5. The molecule has 0 heterocycles.